The minimum atomic E-state index is -3.68. The van der Waals surface area contributed by atoms with E-state index >= 15 is 0 Å². The van der Waals surface area contributed by atoms with E-state index in [2.05, 4.69) is 22.4 Å². The minimum Gasteiger partial charge on any atom is -0.301 e. The molecular weight excluding hydrogens is 330 g/mol. The number of piperidine rings is 1. The van der Waals surface area contributed by atoms with Crippen LogP contribution in [-0.4, -0.2) is 39.6 Å². The number of benzene rings is 1. The Morgan fingerprint density at radius 1 is 1.22 bits per heavy atom. The molecule has 0 aliphatic carbocycles. The lowest BCUT2D eigenvalue weighted by Crippen LogP contribution is -2.42. The molecule has 1 fully saturated rings. The highest BCUT2D eigenvalue weighted by molar-refractivity contribution is 7.86. The van der Waals surface area contributed by atoms with Crippen molar-refractivity contribution in [3.63, 3.8) is 0 Å². The maximum Gasteiger partial charge on any atom is 0.297 e. The Balaban J connectivity index is 1.64. The van der Waals surface area contributed by atoms with E-state index in [1.54, 1.807) is 41.7 Å². The molecule has 23 heavy (non-hydrogen) atoms. The molecule has 1 aromatic heterocycles. The second kappa shape index (κ2) is 7.13. The van der Waals surface area contributed by atoms with Crippen molar-refractivity contribution in [2.45, 2.75) is 29.7 Å². The van der Waals surface area contributed by atoms with Crippen LogP contribution in [0.5, 0.6) is 0 Å². The molecule has 2 unspecified atom stereocenters. The summed E-state index contributed by atoms with van der Waals surface area (Å²) in [7, 11) is -1.64. The zero-order chi connectivity index (χ0) is 16.3. The van der Waals surface area contributed by atoms with Gasteiger partial charge in [-0.15, -0.1) is 11.3 Å². The van der Waals surface area contributed by atoms with Gasteiger partial charge in [-0.2, -0.15) is 8.42 Å². The fourth-order valence-corrected chi connectivity index (χ4v) is 4.81. The first-order valence-electron chi connectivity index (χ1n) is 7.74. The van der Waals surface area contributed by atoms with Crippen molar-refractivity contribution in [1.82, 2.24) is 4.90 Å². The van der Waals surface area contributed by atoms with E-state index in [9.17, 15) is 8.42 Å². The third-order valence-electron chi connectivity index (χ3n) is 4.40. The van der Waals surface area contributed by atoms with Crippen LogP contribution in [0, 0.1) is 0 Å². The summed E-state index contributed by atoms with van der Waals surface area (Å²) in [4.78, 5) is 3.80. The van der Waals surface area contributed by atoms with Gasteiger partial charge in [0.1, 0.15) is 0 Å². The lowest BCUT2D eigenvalue weighted by atomic mass is 9.90. The molecular formula is C17H21NO3S2. The van der Waals surface area contributed by atoms with Gasteiger partial charge >= 0.3 is 0 Å². The van der Waals surface area contributed by atoms with Crippen molar-refractivity contribution >= 4 is 21.5 Å². The average molecular weight is 351 g/mol. The summed E-state index contributed by atoms with van der Waals surface area (Å²) in [5.41, 5.74) is 0. The van der Waals surface area contributed by atoms with Gasteiger partial charge in [0.15, 0.2) is 0 Å². The zero-order valence-electron chi connectivity index (χ0n) is 13.1. The lowest BCUT2D eigenvalue weighted by Gasteiger charge is -2.36. The van der Waals surface area contributed by atoms with Crippen LogP contribution in [-0.2, 0) is 14.3 Å². The van der Waals surface area contributed by atoms with E-state index in [0.717, 1.165) is 19.4 Å². The maximum atomic E-state index is 12.3. The van der Waals surface area contributed by atoms with Gasteiger partial charge in [0, 0.05) is 10.9 Å². The number of rotatable bonds is 5. The van der Waals surface area contributed by atoms with Crippen molar-refractivity contribution in [2.24, 2.45) is 0 Å². The quantitative estimate of drug-likeness (QED) is 0.775. The summed E-state index contributed by atoms with van der Waals surface area (Å²) in [6, 6.07) is 12.7. The summed E-state index contributed by atoms with van der Waals surface area (Å²) in [5, 5.41) is 2.10. The normalized spacial score (nSPS) is 23.0. The van der Waals surface area contributed by atoms with Crippen LogP contribution in [0.25, 0.3) is 0 Å². The van der Waals surface area contributed by atoms with Crippen LogP contribution in [0.1, 0.15) is 23.6 Å². The first kappa shape index (κ1) is 16.6. The SMILES string of the molecule is CN1CCC(c2cccs2)CC1COS(=O)(=O)c1ccccc1. The monoisotopic (exact) mass is 351 g/mol. The molecule has 1 aliphatic rings. The number of likely N-dealkylation sites (tertiary alicyclic amines) is 1. The molecule has 124 valence electrons. The van der Waals surface area contributed by atoms with E-state index in [0.29, 0.717) is 5.92 Å². The largest absolute Gasteiger partial charge is 0.301 e. The molecule has 2 aromatic rings. The number of nitrogens with zero attached hydrogens (tertiary/aromatic N) is 1. The van der Waals surface area contributed by atoms with Gasteiger partial charge in [-0.1, -0.05) is 24.3 Å². The van der Waals surface area contributed by atoms with Gasteiger partial charge in [0.05, 0.1) is 11.5 Å². The zero-order valence-corrected chi connectivity index (χ0v) is 14.7. The van der Waals surface area contributed by atoms with Gasteiger partial charge in [-0.25, -0.2) is 0 Å². The fourth-order valence-electron chi connectivity index (χ4n) is 2.97. The van der Waals surface area contributed by atoms with Crippen LogP contribution in [0.15, 0.2) is 52.7 Å². The van der Waals surface area contributed by atoms with E-state index in [4.69, 9.17) is 4.18 Å². The predicted molar refractivity (Wildman–Crippen MR) is 92.3 cm³/mol. The third-order valence-corrected chi connectivity index (χ3v) is 6.73. The Hall–Kier alpha value is -1.21. The summed E-state index contributed by atoms with van der Waals surface area (Å²) in [5.74, 6) is 0.499. The van der Waals surface area contributed by atoms with Crippen molar-refractivity contribution in [3.05, 3.63) is 52.7 Å². The van der Waals surface area contributed by atoms with Crippen molar-refractivity contribution in [1.29, 1.82) is 0 Å². The molecule has 0 amide bonds. The molecule has 2 atom stereocenters. The molecule has 6 heteroatoms. The van der Waals surface area contributed by atoms with Crippen molar-refractivity contribution in [3.8, 4) is 0 Å². The van der Waals surface area contributed by atoms with Crippen molar-refractivity contribution in [2.75, 3.05) is 20.2 Å². The topological polar surface area (TPSA) is 46.6 Å². The maximum absolute atomic E-state index is 12.3. The second-order valence-corrected chi connectivity index (χ2v) is 8.52. The van der Waals surface area contributed by atoms with Crippen molar-refractivity contribution < 1.29 is 12.6 Å². The Morgan fingerprint density at radius 2 is 2.00 bits per heavy atom. The molecule has 0 spiro atoms. The molecule has 3 rings (SSSR count). The van der Waals surface area contributed by atoms with Gasteiger partial charge in [-0.05, 0) is 55.9 Å². The Kier molecular flexibility index (Phi) is 5.16. The average Bonchev–Trinajstić information content (AvgIpc) is 3.09. The molecule has 0 radical (unpaired) electrons. The highest BCUT2D eigenvalue weighted by Gasteiger charge is 2.29. The van der Waals surface area contributed by atoms with E-state index in [-0.39, 0.29) is 17.5 Å². The standard InChI is InChI=1S/C17H21NO3S2/c1-18-10-9-14(17-8-5-11-22-17)12-15(18)13-21-23(19,20)16-6-3-2-4-7-16/h2-8,11,14-15H,9-10,12-13H2,1H3. The number of thiophene rings is 1. The van der Waals surface area contributed by atoms with Crippen LogP contribution >= 0.6 is 11.3 Å². The van der Waals surface area contributed by atoms with E-state index in [1.165, 1.54) is 4.88 Å². The predicted octanol–water partition coefficient (Wildman–Crippen LogP) is 3.33. The van der Waals surface area contributed by atoms with Gasteiger partial charge < -0.3 is 4.90 Å². The first-order chi connectivity index (χ1) is 11.1. The van der Waals surface area contributed by atoms with Gasteiger partial charge in [0.25, 0.3) is 10.1 Å². The highest BCUT2D eigenvalue weighted by Crippen LogP contribution is 2.33. The first-order valence-corrected chi connectivity index (χ1v) is 10.0. The summed E-state index contributed by atoms with van der Waals surface area (Å²) >= 11 is 1.78. The van der Waals surface area contributed by atoms with Gasteiger partial charge in [-0.3, -0.25) is 4.18 Å². The van der Waals surface area contributed by atoms with Crippen LogP contribution in [0.2, 0.25) is 0 Å². The summed E-state index contributed by atoms with van der Waals surface area (Å²) in [6.07, 6.45) is 2.04. The molecule has 0 N–H and O–H groups in total. The van der Waals surface area contributed by atoms with Crippen LogP contribution < -0.4 is 0 Å². The van der Waals surface area contributed by atoms with E-state index < -0.39 is 10.1 Å². The van der Waals surface area contributed by atoms with E-state index in [1.807, 2.05) is 7.05 Å². The number of hydrogen-bond donors (Lipinski definition) is 0. The lowest BCUT2D eigenvalue weighted by molar-refractivity contribution is 0.117. The van der Waals surface area contributed by atoms with Crippen LogP contribution in [0.3, 0.4) is 0 Å². The molecule has 2 heterocycles. The Labute approximate surface area is 141 Å². The Morgan fingerprint density at radius 3 is 2.70 bits per heavy atom. The Bertz CT molecular complexity index is 714. The van der Waals surface area contributed by atoms with Crippen LogP contribution in [0.4, 0.5) is 0 Å². The third kappa shape index (κ3) is 4.01. The minimum absolute atomic E-state index is 0.120. The molecule has 1 aliphatic heterocycles. The number of hydrogen-bond acceptors (Lipinski definition) is 5. The fraction of sp³-hybridized carbons (Fsp3) is 0.412. The molecule has 1 saturated heterocycles. The molecule has 4 nitrogen and oxygen atoms in total. The molecule has 1 aromatic carbocycles. The summed E-state index contributed by atoms with van der Waals surface area (Å²) < 4.78 is 29.8. The smallest absolute Gasteiger partial charge is 0.297 e. The highest BCUT2D eigenvalue weighted by atomic mass is 32.2. The molecule has 0 bridgehead atoms. The summed E-state index contributed by atoms with van der Waals surface area (Å²) in [6.45, 7) is 1.16. The second-order valence-electron chi connectivity index (χ2n) is 5.92. The number of likely N-dealkylation sites (N-methyl/N-ethyl adjacent to an activating group) is 1. The van der Waals surface area contributed by atoms with Gasteiger partial charge in [0.2, 0.25) is 0 Å². The molecule has 0 saturated carbocycles.